The first-order valence-corrected chi connectivity index (χ1v) is 6.41. The lowest BCUT2D eigenvalue weighted by molar-refractivity contribution is 0.139. The van der Waals surface area contributed by atoms with Crippen molar-refractivity contribution < 1.29 is 13.5 Å². The van der Waals surface area contributed by atoms with Crippen LogP contribution >= 0.6 is 11.6 Å². The second kappa shape index (κ2) is 6.08. The summed E-state index contributed by atoms with van der Waals surface area (Å²) in [7, 11) is 0. The third kappa shape index (κ3) is 3.08. The van der Waals surface area contributed by atoms with Crippen LogP contribution in [0.5, 0.6) is 5.75 Å². The largest absolute Gasteiger partial charge is 0.478 e. The molecule has 0 fully saturated rings. The Kier molecular flexibility index (Phi) is 4.45. The molecule has 19 heavy (non-hydrogen) atoms. The van der Waals surface area contributed by atoms with Gasteiger partial charge in [0.25, 0.3) is 0 Å². The highest BCUT2D eigenvalue weighted by Gasteiger charge is 2.24. The van der Waals surface area contributed by atoms with Crippen molar-refractivity contribution in [1.82, 2.24) is 0 Å². The lowest BCUT2D eigenvalue weighted by atomic mass is 10.1. The maximum absolute atomic E-state index is 13.8. The van der Waals surface area contributed by atoms with Crippen LogP contribution < -0.4 is 10.5 Å². The molecule has 1 aromatic carbocycles. The Balaban J connectivity index is 2.28. The number of halogens is 2. The number of furan rings is 1. The number of hydrogen-bond acceptors (Lipinski definition) is 3. The van der Waals surface area contributed by atoms with E-state index < -0.39 is 11.9 Å². The van der Waals surface area contributed by atoms with E-state index in [1.807, 2.05) is 6.92 Å². The van der Waals surface area contributed by atoms with Gasteiger partial charge in [-0.05, 0) is 30.7 Å². The van der Waals surface area contributed by atoms with E-state index in [4.69, 9.17) is 26.5 Å². The molecule has 0 saturated carbocycles. The predicted molar refractivity (Wildman–Crippen MR) is 71.8 cm³/mol. The molecule has 5 heteroatoms. The van der Waals surface area contributed by atoms with Gasteiger partial charge in [-0.15, -0.1) is 0 Å². The molecule has 0 spiro atoms. The van der Waals surface area contributed by atoms with Crippen LogP contribution in [-0.4, -0.2) is 6.04 Å². The zero-order valence-corrected chi connectivity index (χ0v) is 11.2. The molecule has 2 N–H and O–H groups in total. The second-order valence-electron chi connectivity index (χ2n) is 4.18. The molecule has 0 radical (unpaired) electrons. The first kappa shape index (κ1) is 13.9. The monoisotopic (exact) mass is 283 g/mol. The molecule has 2 unspecified atom stereocenters. The number of hydrogen-bond donors (Lipinski definition) is 1. The van der Waals surface area contributed by atoms with Crippen LogP contribution in [0.1, 0.15) is 25.2 Å². The first-order valence-electron chi connectivity index (χ1n) is 6.03. The van der Waals surface area contributed by atoms with Gasteiger partial charge in [0.15, 0.2) is 17.7 Å². The lowest BCUT2D eigenvalue weighted by Crippen LogP contribution is -2.31. The molecule has 3 nitrogen and oxygen atoms in total. The van der Waals surface area contributed by atoms with Gasteiger partial charge in [0.1, 0.15) is 5.76 Å². The smallest absolute Gasteiger partial charge is 0.183 e. The average Bonchev–Trinajstić information content (AvgIpc) is 2.93. The van der Waals surface area contributed by atoms with Crippen molar-refractivity contribution in [3.8, 4) is 5.75 Å². The minimum Gasteiger partial charge on any atom is -0.478 e. The van der Waals surface area contributed by atoms with Crippen molar-refractivity contribution in [2.24, 2.45) is 5.73 Å². The van der Waals surface area contributed by atoms with Gasteiger partial charge >= 0.3 is 0 Å². The maximum atomic E-state index is 13.8. The molecule has 1 heterocycles. The van der Waals surface area contributed by atoms with Crippen molar-refractivity contribution in [3.05, 3.63) is 53.2 Å². The summed E-state index contributed by atoms with van der Waals surface area (Å²) >= 11 is 5.73. The summed E-state index contributed by atoms with van der Waals surface area (Å²) in [6, 6.07) is 7.79. The van der Waals surface area contributed by atoms with Crippen molar-refractivity contribution >= 4 is 11.6 Å². The Morgan fingerprint density at radius 2 is 2.16 bits per heavy atom. The van der Waals surface area contributed by atoms with E-state index in [1.165, 1.54) is 18.4 Å². The minimum absolute atomic E-state index is 0.0146. The lowest BCUT2D eigenvalue weighted by Gasteiger charge is -2.22. The molecule has 0 aliphatic heterocycles. The van der Waals surface area contributed by atoms with Crippen LogP contribution in [0.3, 0.4) is 0 Å². The fraction of sp³-hybridized carbons (Fsp3) is 0.286. The second-order valence-corrected chi connectivity index (χ2v) is 4.59. The zero-order valence-electron chi connectivity index (χ0n) is 10.5. The SMILES string of the molecule is CCC(N)C(Oc1cccc(Cl)c1F)c1ccco1. The van der Waals surface area contributed by atoms with E-state index in [0.717, 1.165) is 0 Å². The van der Waals surface area contributed by atoms with Gasteiger partial charge in [0, 0.05) is 6.04 Å². The zero-order chi connectivity index (χ0) is 13.8. The predicted octanol–water partition coefficient (Wildman–Crippen LogP) is 3.93. The van der Waals surface area contributed by atoms with E-state index in [1.54, 1.807) is 18.2 Å². The van der Waals surface area contributed by atoms with Crippen LogP contribution in [0.4, 0.5) is 4.39 Å². The van der Waals surface area contributed by atoms with E-state index in [-0.39, 0.29) is 16.8 Å². The fourth-order valence-electron chi connectivity index (χ4n) is 1.74. The summed E-state index contributed by atoms with van der Waals surface area (Å²) in [6.45, 7) is 1.93. The van der Waals surface area contributed by atoms with Crippen LogP contribution in [-0.2, 0) is 0 Å². The molecule has 0 amide bonds. The molecule has 2 aromatic rings. The minimum atomic E-state index is -0.593. The number of ether oxygens (including phenoxy) is 1. The highest BCUT2D eigenvalue weighted by atomic mass is 35.5. The van der Waals surface area contributed by atoms with Gasteiger partial charge in [-0.1, -0.05) is 24.6 Å². The molecule has 102 valence electrons. The van der Waals surface area contributed by atoms with Crippen LogP contribution in [0, 0.1) is 5.82 Å². The van der Waals surface area contributed by atoms with Crippen LogP contribution in [0.15, 0.2) is 41.0 Å². The maximum Gasteiger partial charge on any atom is 0.183 e. The Hall–Kier alpha value is -1.52. The molecule has 0 bridgehead atoms. The van der Waals surface area contributed by atoms with Crippen molar-refractivity contribution in [2.45, 2.75) is 25.5 Å². The molecule has 1 aromatic heterocycles. The van der Waals surface area contributed by atoms with E-state index in [0.29, 0.717) is 12.2 Å². The molecule has 2 atom stereocenters. The van der Waals surface area contributed by atoms with Gasteiger partial charge in [0.05, 0.1) is 11.3 Å². The Bertz CT molecular complexity index is 530. The average molecular weight is 284 g/mol. The fourth-order valence-corrected chi connectivity index (χ4v) is 1.90. The summed E-state index contributed by atoms with van der Waals surface area (Å²) in [5.74, 6) is 0.0375. The molecular weight excluding hydrogens is 269 g/mol. The number of benzene rings is 1. The third-order valence-electron chi connectivity index (χ3n) is 2.85. The summed E-state index contributed by atoms with van der Waals surface area (Å²) in [6.07, 6.45) is 1.66. The van der Waals surface area contributed by atoms with Gasteiger partial charge in [0.2, 0.25) is 0 Å². The number of rotatable bonds is 5. The topological polar surface area (TPSA) is 48.4 Å². The normalized spacial score (nSPS) is 14.1. The molecule has 0 saturated heterocycles. The highest BCUT2D eigenvalue weighted by molar-refractivity contribution is 6.30. The standard InChI is InChI=1S/C14H15ClFNO2/c1-2-10(17)14(12-7-4-8-18-12)19-11-6-3-5-9(15)13(11)16/h3-8,10,14H,2,17H2,1H3. The van der Waals surface area contributed by atoms with Crippen molar-refractivity contribution in [1.29, 1.82) is 0 Å². The molecule has 0 aliphatic rings. The summed E-state index contributed by atoms with van der Waals surface area (Å²) in [4.78, 5) is 0. The van der Waals surface area contributed by atoms with Gasteiger partial charge in [-0.25, -0.2) is 4.39 Å². The molecule has 0 aliphatic carbocycles. The van der Waals surface area contributed by atoms with Gasteiger partial charge in [-0.2, -0.15) is 0 Å². The Labute approximate surface area is 116 Å². The van der Waals surface area contributed by atoms with Crippen LogP contribution in [0.25, 0.3) is 0 Å². The first-order chi connectivity index (χ1) is 9.13. The van der Waals surface area contributed by atoms with Crippen molar-refractivity contribution in [2.75, 3.05) is 0 Å². The van der Waals surface area contributed by atoms with Gasteiger partial charge in [-0.3, -0.25) is 0 Å². The van der Waals surface area contributed by atoms with E-state index in [9.17, 15) is 4.39 Å². The third-order valence-corrected chi connectivity index (χ3v) is 3.15. The molecular formula is C14H15ClFNO2. The van der Waals surface area contributed by atoms with Gasteiger partial charge < -0.3 is 14.9 Å². The summed E-state index contributed by atoms with van der Waals surface area (Å²) < 4.78 is 24.8. The summed E-state index contributed by atoms with van der Waals surface area (Å²) in [5, 5.41) is 0.0146. The molecule has 2 rings (SSSR count). The van der Waals surface area contributed by atoms with E-state index in [2.05, 4.69) is 0 Å². The number of nitrogens with two attached hydrogens (primary N) is 1. The van der Waals surface area contributed by atoms with E-state index >= 15 is 0 Å². The highest BCUT2D eigenvalue weighted by Crippen LogP contribution is 2.30. The van der Waals surface area contributed by atoms with Crippen LogP contribution in [0.2, 0.25) is 5.02 Å². The Morgan fingerprint density at radius 1 is 1.37 bits per heavy atom. The quantitative estimate of drug-likeness (QED) is 0.904. The van der Waals surface area contributed by atoms with Crippen molar-refractivity contribution in [3.63, 3.8) is 0 Å². The Morgan fingerprint density at radius 3 is 2.79 bits per heavy atom. The summed E-state index contributed by atoms with van der Waals surface area (Å²) in [5.41, 5.74) is 6.00.